The first-order valence-electron chi connectivity index (χ1n) is 6.95. The van der Waals surface area contributed by atoms with Gasteiger partial charge in [-0.3, -0.25) is 0 Å². The summed E-state index contributed by atoms with van der Waals surface area (Å²) in [5.74, 6) is -1.57. The van der Waals surface area contributed by atoms with Crippen molar-refractivity contribution in [1.82, 2.24) is 0 Å². The third-order valence-electron chi connectivity index (χ3n) is 3.13. The van der Waals surface area contributed by atoms with Crippen LogP contribution < -0.4 is 9.47 Å². The standard InChI is InChI=1S/C9H10O4.C8H8O4/c1-13-8-4-6(9(11)12)2-3-7(8)5-10;1-12-7-4-5(8(10)11)2-3-6(7)9/h2-4,10H,5H2,1H3,(H,11,12);2-4,9H,1H3,(H,10,11). The first-order valence-corrected chi connectivity index (χ1v) is 6.95. The monoisotopic (exact) mass is 350 g/mol. The van der Waals surface area contributed by atoms with E-state index in [1.165, 1.54) is 50.6 Å². The minimum atomic E-state index is -1.05. The van der Waals surface area contributed by atoms with Crippen LogP contribution in [0.5, 0.6) is 17.2 Å². The minimum Gasteiger partial charge on any atom is -0.504 e. The summed E-state index contributed by atoms with van der Waals surface area (Å²) < 4.78 is 9.63. The van der Waals surface area contributed by atoms with E-state index in [1.807, 2.05) is 0 Å². The molecule has 2 aromatic carbocycles. The Balaban J connectivity index is 0.000000251. The maximum absolute atomic E-state index is 10.6. The van der Waals surface area contributed by atoms with Crippen molar-refractivity contribution in [3.8, 4) is 17.2 Å². The number of aromatic hydroxyl groups is 1. The number of aliphatic hydroxyl groups is 1. The fourth-order valence-corrected chi connectivity index (χ4v) is 1.82. The average Bonchev–Trinajstić information content (AvgIpc) is 2.61. The molecule has 0 aromatic heterocycles. The predicted molar refractivity (Wildman–Crippen MR) is 87.5 cm³/mol. The van der Waals surface area contributed by atoms with Crippen LogP contribution in [0.25, 0.3) is 0 Å². The number of ether oxygens (including phenoxy) is 2. The van der Waals surface area contributed by atoms with Crippen molar-refractivity contribution in [1.29, 1.82) is 0 Å². The summed E-state index contributed by atoms with van der Waals surface area (Å²) in [4.78, 5) is 21.0. The van der Waals surface area contributed by atoms with Gasteiger partial charge in [-0.05, 0) is 30.3 Å². The number of hydrogen-bond donors (Lipinski definition) is 4. The smallest absolute Gasteiger partial charge is 0.335 e. The van der Waals surface area contributed by atoms with Gasteiger partial charge < -0.3 is 29.9 Å². The molecule has 8 nitrogen and oxygen atoms in total. The number of phenolic OH excluding ortho intramolecular Hbond substituents is 1. The van der Waals surface area contributed by atoms with Crippen LogP contribution in [-0.2, 0) is 6.61 Å². The number of benzene rings is 2. The number of phenols is 1. The van der Waals surface area contributed by atoms with Gasteiger partial charge in [0.05, 0.1) is 32.0 Å². The lowest BCUT2D eigenvalue weighted by molar-refractivity contribution is 0.0685. The Morgan fingerprint density at radius 3 is 1.80 bits per heavy atom. The van der Waals surface area contributed by atoms with E-state index in [0.29, 0.717) is 11.3 Å². The summed E-state index contributed by atoms with van der Waals surface area (Å²) in [5.41, 5.74) is 0.811. The molecule has 0 fully saturated rings. The molecule has 0 radical (unpaired) electrons. The highest BCUT2D eigenvalue weighted by molar-refractivity contribution is 5.88. The molecule has 0 atom stereocenters. The van der Waals surface area contributed by atoms with Crippen LogP contribution in [0.15, 0.2) is 36.4 Å². The van der Waals surface area contributed by atoms with Crippen LogP contribution in [0.2, 0.25) is 0 Å². The summed E-state index contributed by atoms with van der Waals surface area (Å²) in [6, 6.07) is 8.19. The van der Waals surface area contributed by atoms with Crippen molar-refractivity contribution in [2.24, 2.45) is 0 Å². The van der Waals surface area contributed by atoms with E-state index in [9.17, 15) is 9.59 Å². The second-order valence-electron chi connectivity index (χ2n) is 4.68. The molecule has 0 aliphatic rings. The van der Waals surface area contributed by atoms with E-state index >= 15 is 0 Å². The molecule has 2 rings (SSSR count). The third-order valence-corrected chi connectivity index (χ3v) is 3.13. The predicted octanol–water partition coefficient (Wildman–Crippen LogP) is 1.98. The fourth-order valence-electron chi connectivity index (χ4n) is 1.82. The van der Waals surface area contributed by atoms with Crippen molar-refractivity contribution in [3.05, 3.63) is 53.1 Å². The second kappa shape index (κ2) is 9.14. The number of carbonyl (C=O) groups is 2. The first-order chi connectivity index (χ1) is 11.8. The van der Waals surface area contributed by atoms with Gasteiger partial charge in [-0.25, -0.2) is 9.59 Å². The Morgan fingerprint density at radius 1 is 0.880 bits per heavy atom. The molecule has 0 bridgehead atoms. The number of methoxy groups -OCH3 is 2. The van der Waals surface area contributed by atoms with Crippen LogP contribution >= 0.6 is 0 Å². The van der Waals surface area contributed by atoms with Crippen molar-refractivity contribution in [2.45, 2.75) is 6.61 Å². The summed E-state index contributed by atoms with van der Waals surface area (Å²) in [6.45, 7) is -0.164. The number of aromatic carboxylic acids is 2. The molecule has 2 aromatic rings. The summed E-state index contributed by atoms with van der Waals surface area (Å²) in [6.07, 6.45) is 0. The summed E-state index contributed by atoms with van der Waals surface area (Å²) in [5, 5.41) is 35.2. The molecule has 0 aliphatic heterocycles. The van der Waals surface area contributed by atoms with E-state index in [-0.39, 0.29) is 29.2 Å². The third kappa shape index (κ3) is 5.40. The van der Waals surface area contributed by atoms with E-state index in [2.05, 4.69) is 0 Å². The van der Waals surface area contributed by atoms with E-state index in [1.54, 1.807) is 0 Å². The summed E-state index contributed by atoms with van der Waals surface area (Å²) >= 11 is 0. The number of carboxylic acid groups (broad SMARTS) is 2. The average molecular weight is 350 g/mol. The van der Waals surface area contributed by atoms with Crippen LogP contribution in [0, 0.1) is 0 Å². The van der Waals surface area contributed by atoms with E-state index < -0.39 is 11.9 Å². The maximum Gasteiger partial charge on any atom is 0.335 e. The van der Waals surface area contributed by atoms with E-state index in [4.69, 9.17) is 29.9 Å². The summed E-state index contributed by atoms with van der Waals surface area (Å²) in [7, 11) is 2.79. The van der Waals surface area contributed by atoms with Crippen LogP contribution in [0.3, 0.4) is 0 Å². The van der Waals surface area contributed by atoms with Gasteiger partial charge in [-0.2, -0.15) is 0 Å². The van der Waals surface area contributed by atoms with Gasteiger partial charge in [-0.15, -0.1) is 0 Å². The molecular formula is C17H18O8. The van der Waals surface area contributed by atoms with Crippen LogP contribution in [0.4, 0.5) is 0 Å². The number of carboxylic acids is 2. The maximum atomic E-state index is 10.6. The van der Waals surface area contributed by atoms with Gasteiger partial charge in [-0.1, -0.05) is 6.07 Å². The molecule has 0 unspecified atom stereocenters. The molecule has 134 valence electrons. The molecule has 0 heterocycles. The highest BCUT2D eigenvalue weighted by Crippen LogP contribution is 2.26. The molecule has 8 heteroatoms. The molecular weight excluding hydrogens is 332 g/mol. The Morgan fingerprint density at radius 2 is 1.36 bits per heavy atom. The minimum absolute atomic E-state index is 0.0671. The molecule has 0 spiro atoms. The fraction of sp³-hybridized carbons (Fsp3) is 0.176. The largest absolute Gasteiger partial charge is 0.504 e. The van der Waals surface area contributed by atoms with Gasteiger partial charge in [0.2, 0.25) is 0 Å². The molecule has 25 heavy (non-hydrogen) atoms. The van der Waals surface area contributed by atoms with Crippen molar-refractivity contribution in [2.75, 3.05) is 14.2 Å². The second-order valence-corrected chi connectivity index (χ2v) is 4.68. The quantitative estimate of drug-likeness (QED) is 0.643. The molecule has 4 N–H and O–H groups in total. The van der Waals surface area contributed by atoms with Gasteiger partial charge >= 0.3 is 11.9 Å². The van der Waals surface area contributed by atoms with Gasteiger partial charge in [0, 0.05) is 5.56 Å². The highest BCUT2D eigenvalue weighted by Gasteiger charge is 2.08. The topological polar surface area (TPSA) is 134 Å². The van der Waals surface area contributed by atoms with E-state index in [0.717, 1.165) is 0 Å². The Bertz CT molecular complexity index is 754. The molecule has 0 saturated carbocycles. The Kier molecular flexibility index (Phi) is 7.23. The molecule has 0 amide bonds. The lowest BCUT2D eigenvalue weighted by atomic mass is 10.1. The Hall–Kier alpha value is -3.26. The number of rotatable bonds is 5. The zero-order valence-electron chi connectivity index (χ0n) is 13.6. The van der Waals surface area contributed by atoms with Crippen molar-refractivity contribution >= 4 is 11.9 Å². The zero-order valence-corrected chi connectivity index (χ0v) is 13.6. The van der Waals surface area contributed by atoms with Gasteiger partial charge in [0.25, 0.3) is 0 Å². The normalized spacial score (nSPS) is 9.56. The lowest BCUT2D eigenvalue weighted by Crippen LogP contribution is -1.99. The van der Waals surface area contributed by atoms with Crippen molar-refractivity contribution in [3.63, 3.8) is 0 Å². The Labute approximate surface area is 143 Å². The first kappa shape index (κ1) is 19.8. The van der Waals surface area contributed by atoms with Gasteiger partial charge in [0.15, 0.2) is 11.5 Å². The highest BCUT2D eigenvalue weighted by atomic mass is 16.5. The number of hydrogen-bond acceptors (Lipinski definition) is 6. The zero-order chi connectivity index (χ0) is 19.0. The van der Waals surface area contributed by atoms with Crippen LogP contribution in [-0.4, -0.2) is 46.6 Å². The molecule has 0 aliphatic carbocycles. The SMILES string of the molecule is COc1cc(C(=O)O)ccc1CO.COc1cc(C(=O)O)ccc1O. The number of aliphatic hydroxyl groups excluding tert-OH is 1. The van der Waals surface area contributed by atoms with Gasteiger partial charge in [0.1, 0.15) is 5.75 Å². The van der Waals surface area contributed by atoms with Crippen molar-refractivity contribution < 1.29 is 39.5 Å². The van der Waals surface area contributed by atoms with Crippen LogP contribution in [0.1, 0.15) is 26.3 Å². The molecule has 0 saturated heterocycles. The lowest BCUT2D eigenvalue weighted by Gasteiger charge is -2.06.